The quantitative estimate of drug-likeness (QED) is 0.801. The summed E-state index contributed by atoms with van der Waals surface area (Å²) in [5.41, 5.74) is -1.91. The number of hydrogen-bond acceptors (Lipinski definition) is 3. The van der Waals surface area contributed by atoms with Gasteiger partial charge in [0.25, 0.3) is 5.56 Å². The zero-order valence-corrected chi connectivity index (χ0v) is 11.3. The molecule has 0 aliphatic rings. The molecule has 0 atom stereocenters. The maximum atomic E-state index is 13.2. The zero-order valence-electron chi connectivity index (χ0n) is 11.3. The van der Waals surface area contributed by atoms with Crippen LogP contribution in [0.5, 0.6) is 0 Å². The van der Waals surface area contributed by atoms with Crippen molar-refractivity contribution in [2.45, 2.75) is 13.1 Å². The van der Waals surface area contributed by atoms with Crippen LogP contribution in [-0.2, 0) is 18.0 Å². The number of alkyl halides is 3. The van der Waals surface area contributed by atoms with E-state index in [9.17, 15) is 22.8 Å². The van der Waals surface area contributed by atoms with E-state index in [1.165, 1.54) is 25.2 Å². The first kappa shape index (κ1) is 15.1. The predicted octanol–water partition coefficient (Wildman–Crippen LogP) is 2.73. The van der Waals surface area contributed by atoms with Crippen molar-refractivity contribution < 1.29 is 22.7 Å². The molecule has 0 N–H and O–H groups in total. The van der Waals surface area contributed by atoms with Crippen molar-refractivity contribution in [1.29, 1.82) is 0 Å². The second-order valence-corrected chi connectivity index (χ2v) is 4.41. The molecule has 1 heterocycles. The molecule has 0 aliphatic heterocycles. The third-order valence-corrected chi connectivity index (χ3v) is 3.01. The molecular formula is C14H12F3NO3. The molecule has 0 bridgehead atoms. The smallest absolute Gasteiger partial charge is 0.418 e. The predicted molar refractivity (Wildman–Crippen MR) is 70.1 cm³/mol. The third kappa shape index (κ3) is 2.63. The Morgan fingerprint density at radius 2 is 2.00 bits per heavy atom. The Morgan fingerprint density at radius 1 is 1.33 bits per heavy atom. The Kier molecular flexibility index (Phi) is 3.76. The van der Waals surface area contributed by atoms with Gasteiger partial charge in [0.05, 0.1) is 17.7 Å². The average molecular weight is 299 g/mol. The van der Waals surface area contributed by atoms with E-state index in [0.717, 1.165) is 4.57 Å². The van der Waals surface area contributed by atoms with E-state index in [4.69, 9.17) is 4.74 Å². The molecule has 112 valence electrons. The molecular weight excluding hydrogens is 287 g/mol. The molecule has 0 amide bonds. The van der Waals surface area contributed by atoms with Crippen molar-refractivity contribution in [2.75, 3.05) is 6.61 Å². The summed E-state index contributed by atoms with van der Waals surface area (Å²) in [6, 6.07) is 3.83. The number of aromatic nitrogens is 1. The number of nitrogens with zero attached hydrogens (tertiary/aromatic N) is 1. The van der Waals surface area contributed by atoms with Crippen molar-refractivity contribution in [3.63, 3.8) is 0 Å². The summed E-state index contributed by atoms with van der Waals surface area (Å²) in [6.45, 7) is 1.58. The number of halogens is 3. The number of pyridine rings is 1. The number of carbonyl (C=O) groups excluding carboxylic acids is 1. The average Bonchev–Trinajstić information content (AvgIpc) is 2.41. The molecule has 0 fully saturated rings. The first-order valence-corrected chi connectivity index (χ1v) is 6.14. The monoisotopic (exact) mass is 299 g/mol. The molecule has 0 aliphatic carbocycles. The van der Waals surface area contributed by atoms with Gasteiger partial charge in [-0.2, -0.15) is 13.2 Å². The Balaban J connectivity index is 2.93. The SMILES string of the molecule is CCOC(=O)c1cccc2c(=O)n(C)cc(C(F)(F)F)c12. The largest absolute Gasteiger partial charge is 0.462 e. The van der Waals surface area contributed by atoms with E-state index < -0.39 is 28.7 Å². The molecule has 2 aromatic rings. The highest BCUT2D eigenvalue weighted by molar-refractivity contribution is 6.05. The van der Waals surface area contributed by atoms with E-state index in [0.29, 0.717) is 6.20 Å². The Labute approximate surface area is 117 Å². The molecule has 7 heteroatoms. The standard InChI is InChI=1S/C14H12F3NO3/c1-3-21-13(20)9-6-4-5-8-11(9)10(14(15,16)17)7-18(2)12(8)19/h4-7H,3H2,1-2H3. The molecule has 0 spiro atoms. The number of benzene rings is 1. The normalized spacial score (nSPS) is 11.7. The minimum absolute atomic E-state index is 0.0292. The number of carbonyl (C=O) groups is 1. The summed E-state index contributed by atoms with van der Waals surface area (Å²) in [5.74, 6) is -0.887. The van der Waals surface area contributed by atoms with Gasteiger partial charge in [0.2, 0.25) is 0 Å². The van der Waals surface area contributed by atoms with Crippen molar-refractivity contribution in [1.82, 2.24) is 4.57 Å². The summed E-state index contributed by atoms with van der Waals surface area (Å²) in [6.07, 6.45) is -4.00. The van der Waals surface area contributed by atoms with Crippen LogP contribution in [0.2, 0.25) is 0 Å². The summed E-state index contributed by atoms with van der Waals surface area (Å²) >= 11 is 0. The van der Waals surface area contributed by atoms with Crippen molar-refractivity contribution in [2.24, 2.45) is 7.05 Å². The van der Waals surface area contributed by atoms with Gasteiger partial charge in [0, 0.05) is 24.0 Å². The molecule has 0 unspecified atom stereocenters. The van der Waals surface area contributed by atoms with E-state index in [1.54, 1.807) is 6.92 Å². The van der Waals surface area contributed by atoms with Crippen LogP contribution < -0.4 is 5.56 Å². The number of ether oxygens (including phenoxy) is 1. The van der Waals surface area contributed by atoms with E-state index >= 15 is 0 Å². The second kappa shape index (κ2) is 5.23. The van der Waals surface area contributed by atoms with Crippen LogP contribution >= 0.6 is 0 Å². The molecule has 21 heavy (non-hydrogen) atoms. The van der Waals surface area contributed by atoms with Crippen LogP contribution in [0.15, 0.2) is 29.2 Å². The van der Waals surface area contributed by atoms with Gasteiger partial charge in [-0.1, -0.05) is 6.07 Å². The van der Waals surface area contributed by atoms with Gasteiger partial charge < -0.3 is 9.30 Å². The van der Waals surface area contributed by atoms with Gasteiger partial charge in [0.15, 0.2) is 0 Å². The fraction of sp³-hybridized carbons (Fsp3) is 0.286. The molecule has 0 saturated carbocycles. The summed E-state index contributed by atoms with van der Waals surface area (Å²) in [5, 5.41) is -0.593. The highest BCUT2D eigenvalue weighted by Crippen LogP contribution is 2.35. The Morgan fingerprint density at radius 3 is 2.57 bits per heavy atom. The molecule has 2 rings (SSSR count). The second-order valence-electron chi connectivity index (χ2n) is 4.41. The molecule has 1 aromatic heterocycles. The molecule has 4 nitrogen and oxygen atoms in total. The zero-order chi connectivity index (χ0) is 15.8. The fourth-order valence-electron chi connectivity index (χ4n) is 2.12. The van der Waals surface area contributed by atoms with Crippen molar-refractivity contribution in [3.05, 3.63) is 45.9 Å². The van der Waals surface area contributed by atoms with E-state index in [-0.39, 0.29) is 17.6 Å². The van der Waals surface area contributed by atoms with Crippen LogP contribution in [0, 0.1) is 0 Å². The number of aryl methyl sites for hydroxylation is 1. The lowest BCUT2D eigenvalue weighted by Crippen LogP contribution is -2.22. The highest BCUT2D eigenvalue weighted by atomic mass is 19.4. The Hall–Kier alpha value is -2.31. The maximum Gasteiger partial charge on any atom is 0.418 e. The van der Waals surface area contributed by atoms with Gasteiger partial charge in [-0.15, -0.1) is 0 Å². The van der Waals surface area contributed by atoms with Crippen LogP contribution in [0.1, 0.15) is 22.8 Å². The van der Waals surface area contributed by atoms with Crippen LogP contribution in [-0.4, -0.2) is 17.1 Å². The van der Waals surface area contributed by atoms with Crippen LogP contribution in [0.3, 0.4) is 0 Å². The molecule has 0 radical (unpaired) electrons. The Bertz CT molecular complexity index is 762. The summed E-state index contributed by atoms with van der Waals surface area (Å²) < 4.78 is 45.2. The first-order valence-electron chi connectivity index (χ1n) is 6.14. The van der Waals surface area contributed by atoms with Gasteiger partial charge in [-0.3, -0.25) is 4.79 Å². The van der Waals surface area contributed by atoms with Gasteiger partial charge >= 0.3 is 12.1 Å². The summed E-state index contributed by atoms with van der Waals surface area (Å²) in [4.78, 5) is 23.8. The van der Waals surface area contributed by atoms with Crippen LogP contribution in [0.4, 0.5) is 13.2 Å². The third-order valence-electron chi connectivity index (χ3n) is 3.01. The maximum absolute atomic E-state index is 13.2. The highest BCUT2D eigenvalue weighted by Gasteiger charge is 2.35. The van der Waals surface area contributed by atoms with E-state index in [2.05, 4.69) is 0 Å². The number of fused-ring (bicyclic) bond motifs is 1. The fourth-order valence-corrected chi connectivity index (χ4v) is 2.12. The first-order chi connectivity index (χ1) is 9.77. The molecule has 1 aromatic carbocycles. The van der Waals surface area contributed by atoms with Gasteiger partial charge in [-0.25, -0.2) is 4.79 Å². The van der Waals surface area contributed by atoms with Crippen LogP contribution in [0.25, 0.3) is 10.8 Å². The molecule has 0 saturated heterocycles. The van der Waals surface area contributed by atoms with Gasteiger partial charge in [-0.05, 0) is 19.1 Å². The minimum atomic E-state index is -4.69. The lowest BCUT2D eigenvalue weighted by Gasteiger charge is -2.14. The van der Waals surface area contributed by atoms with Crippen molar-refractivity contribution in [3.8, 4) is 0 Å². The number of rotatable bonds is 2. The summed E-state index contributed by atoms with van der Waals surface area (Å²) in [7, 11) is 1.23. The number of esters is 1. The van der Waals surface area contributed by atoms with Gasteiger partial charge in [0.1, 0.15) is 0 Å². The van der Waals surface area contributed by atoms with E-state index in [1.807, 2.05) is 0 Å². The lowest BCUT2D eigenvalue weighted by molar-refractivity contribution is -0.136. The minimum Gasteiger partial charge on any atom is -0.462 e. The topological polar surface area (TPSA) is 48.3 Å². The lowest BCUT2D eigenvalue weighted by atomic mass is 10.0. The van der Waals surface area contributed by atoms with Crippen molar-refractivity contribution >= 4 is 16.7 Å². The number of hydrogen-bond donors (Lipinski definition) is 0.